The number of benzene rings is 1. The van der Waals surface area contributed by atoms with Crippen LogP contribution in [-0.2, 0) is 0 Å². The number of methoxy groups -OCH3 is 1. The molecule has 0 aliphatic rings. The number of likely N-dealkylation sites (N-methyl/N-ethyl adjacent to an activating group) is 1. The number of quaternary nitrogens is 1. The second-order valence-corrected chi connectivity index (χ2v) is 6.63. The van der Waals surface area contributed by atoms with Crippen LogP contribution in [0.2, 0.25) is 0 Å². The van der Waals surface area contributed by atoms with E-state index in [4.69, 9.17) is 17.0 Å². The molecule has 6 heteroatoms. The molecule has 1 aromatic carbocycles. The number of anilines is 1. The molecule has 0 radical (unpaired) electrons. The molecule has 0 saturated heterocycles. The molecule has 0 bridgehead atoms. The van der Waals surface area contributed by atoms with Crippen LogP contribution in [0.3, 0.4) is 0 Å². The zero-order valence-electron chi connectivity index (χ0n) is 15.3. The molecule has 0 aliphatic heterocycles. The Hall–Kier alpha value is -2.18. The number of rotatable bonds is 7. The Bertz CT molecular complexity index is 678. The lowest BCUT2D eigenvalue weighted by molar-refractivity contribution is -0.857. The highest BCUT2D eigenvalue weighted by atomic mass is 32.1. The van der Waals surface area contributed by atoms with Crippen LogP contribution in [0.5, 0.6) is 5.75 Å². The fourth-order valence-corrected chi connectivity index (χ4v) is 2.91. The minimum absolute atomic E-state index is 0.128. The second kappa shape index (κ2) is 9.34. The van der Waals surface area contributed by atoms with Gasteiger partial charge in [-0.3, -0.25) is 4.98 Å². The topological polar surface area (TPSA) is 41.8 Å². The third-order valence-electron chi connectivity index (χ3n) is 4.10. The van der Waals surface area contributed by atoms with Gasteiger partial charge in [-0.2, -0.15) is 0 Å². The Kier molecular flexibility index (Phi) is 7.16. The molecule has 134 valence electrons. The largest absolute Gasteiger partial charge is 0.495 e. The summed E-state index contributed by atoms with van der Waals surface area (Å²) in [5.41, 5.74) is 2.01. The lowest BCUT2D eigenvalue weighted by Crippen LogP contribution is -3.06. The van der Waals surface area contributed by atoms with E-state index >= 15 is 0 Å². The average molecular weight is 360 g/mol. The normalized spacial score (nSPS) is 11.9. The Morgan fingerprint density at radius 3 is 2.68 bits per heavy atom. The highest BCUT2D eigenvalue weighted by molar-refractivity contribution is 7.80. The molecule has 2 aromatic rings. The Balaban J connectivity index is 2.20. The predicted octanol–water partition coefficient (Wildman–Crippen LogP) is 1.99. The molecule has 2 N–H and O–H groups in total. The van der Waals surface area contributed by atoms with Gasteiger partial charge in [-0.25, -0.2) is 0 Å². The summed E-state index contributed by atoms with van der Waals surface area (Å²) in [6, 6.07) is 12.0. The molecule has 1 unspecified atom stereocenters. The second-order valence-electron chi connectivity index (χ2n) is 6.24. The number of para-hydroxylation sites is 2. The average Bonchev–Trinajstić information content (AvgIpc) is 2.62. The Morgan fingerprint density at radius 2 is 2.04 bits per heavy atom. The first kappa shape index (κ1) is 19.1. The minimum Gasteiger partial charge on any atom is -0.495 e. The van der Waals surface area contributed by atoms with Crippen LogP contribution in [0.25, 0.3) is 0 Å². The van der Waals surface area contributed by atoms with Crippen molar-refractivity contribution in [2.45, 2.75) is 13.0 Å². The van der Waals surface area contributed by atoms with E-state index in [1.165, 1.54) is 4.90 Å². The van der Waals surface area contributed by atoms with E-state index in [1.54, 1.807) is 13.3 Å². The molecular weight excluding hydrogens is 332 g/mol. The van der Waals surface area contributed by atoms with Gasteiger partial charge in [0.2, 0.25) is 0 Å². The number of ether oxygens (including phenoxy) is 1. The summed E-state index contributed by atoms with van der Waals surface area (Å²) in [5, 5.41) is 4.02. The smallest absolute Gasteiger partial charge is 0.174 e. The van der Waals surface area contributed by atoms with Crippen LogP contribution in [-0.4, -0.2) is 49.3 Å². The van der Waals surface area contributed by atoms with E-state index in [-0.39, 0.29) is 6.04 Å². The molecule has 5 nitrogen and oxygen atoms in total. The summed E-state index contributed by atoms with van der Waals surface area (Å²) in [7, 11) is 5.95. The molecule has 0 aliphatic carbocycles. The SMILES string of the molecule is COc1ccccc1NC(=S)N(CC[NH+](C)C)C(C)c1cccnc1. The van der Waals surface area contributed by atoms with Crippen LogP contribution in [0.4, 0.5) is 5.69 Å². The Morgan fingerprint density at radius 1 is 1.28 bits per heavy atom. The highest BCUT2D eigenvalue weighted by Crippen LogP contribution is 2.25. The summed E-state index contributed by atoms with van der Waals surface area (Å²) in [6.07, 6.45) is 3.68. The van der Waals surface area contributed by atoms with E-state index in [0.717, 1.165) is 30.1 Å². The van der Waals surface area contributed by atoms with Crippen molar-refractivity contribution in [1.82, 2.24) is 9.88 Å². The standard InChI is InChI=1S/C19H26N4OS/c1-15(16-8-7-11-20-14-16)23(13-12-22(2)3)19(25)21-17-9-5-6-10-18(17)24-4/h5-11,14-15H,12-13H2,1-4H3,(H,21,25)/p+1. The lowest BCUT2D eigenvalue weighted by atomic mass is 10.1. The molecule has 25 heavy (non-hydrogen) atoms. The molecule has 0 fully saturated rings. The van der Waals surface area contributed by atoms with Crippen molar-refractivity contribution in [2.75, 3.05) is 39.6 Å². The third-order valence-corrected chi connectivity index (χ3v) is 4.43. The minimum atomic E-state index is 0.128. The van der Waals surface area contributed by atoms with Gasteiger partial charge in [0, 0.05) is 12.4 Å². The van der Waals surface area contributed by atoms with Crippen molar-refractivity contribution in [3.8, 4) is 5.75 Å². The molecule has 1 atom stereocenters. The van der Waals surface area contributed by atoms with Crippen LogP contribution >= 0.6 is 12.2 Å². The van der Waals surface area contributed by atoms with Crippen molar-refractivity contribution in [1.29, 1.82) is 0 Å². The molecule has 1 aromatic heterocycles. The maximum Gasteiger partial charge on any atom is 0.174 e. The van der Waals surface area contributed by atoms with Gasteiger partial charge in [-0.1, -0.05) is 18.2 Å². The first-order valence-electron chi connectivity index (χ1n) is 8.42. The molecule has 2 rings (SSSR count). The maximum absolute atomic E-state index is 5.72. The summed E-state index contributed by atoms with van der Waals surface area (Å²) in [4.78, 5) is 7.82. The number of thiocarbonyl (C=S) groups is 1. The lowest BCUT2D eigenvalue weighted by Gasteiger charge is -2.32. The third kappa shape index (κ3) is 5.41. The van der Waals surface area contributed by atoms with Gasteiger partial charge in [0.05, 0.1) is 46.0 Å². The maximum atomic E-state index is 5.72. The summed E-state index contributed by atoms with van der Waals surface area (Å²) < 4.78 is 5.41. The molecule has 1 heterocycles. The number of pyridine rings is 1. The van der Waals surface area contributed by atoms with E-state index in [0.29, 0.717) is 5.11 Å². The number of hydrogen-bond acceptors (Lipinski definition) is 3. The van der Waals surface area contributed by atoms with Crippen molar-refractivity contribution in [3.63, 3.8) is 0 Å². The number of hydrogen-bond donors (Lipinski definition) is 2. The van der Waals surface area contributed by atoms with E-state index < -0.39 is 0 Å². The summed E-state index contributed by atoms with van der Waals surface area (Å²) in [6.45, 7) is 3.98. The monoisotopic (exact) mass is 359 g/mol. The van der Waals surface area contributed by atoms with Gasteiger partial charge in [0.1, 0.15) is 5.75 Å². The zero-order valence-corrected chi connectivity index (χ0v) is 16.1. The van der Waals surface area contributed by atoms with E-state index in [1.807, 2.05) is 36.5 Å². The molecule has 0 amide bonds. The quantitative estimate of drug-likeness (QED) is 0.740. The van der Waals surface area contributed by atoms with Gasteiger partial charge >= 0.3 is 0 Å². The zero-order chi connectivity index (χ0) is 18.2. The number of aromatic nitrogens is 1. The summed E-state index contributed by atoms with van der Waals surface area (Å²) >= 11 is 5.72. The van der Waals surface area contributed by atoms with Crippen LogP contribution in [0, 0.1) is 0 Å². The van der Waals surface area contributed by atoms with Gasteiger partial charge in [0.25, 0.3) is 0 Å². The van der Waals surface area contributed by atoms with Crippen molar-refractivity contribution in [2.24, 2.45) is 0 Å². The van der Waals surface area contributed by atoms with Crippen LogP contribution in [0.15, 0.2) is 48.8 Å². The molecule has 0 saturated carbocycles. The Labute approximate surface area is 155 Å². The first-order valence-corrected chi connectivity index (χ1v) is 8.83. The highest BCUT2D eigenvalue weighted by Gasteiger charge is 2.20. The van der Waals surface area contributed by atoms with E-state index in [2.05, 4.69) is 42.3 Å². The van der Waals surface area contributed by atoms with Gasteiger partial charge < -0.3 is 19.9 Å². The number of nitrogens with one attached hydrogen (secondary N) is 2. The van der Waals surface area contributed by atoms with Crippen LogP contribution in [0.1, 0.15) is 18.5 Å². The fraction of sp³-hybridized carbons (Fsp3) is 0.368. The fourth-order valence-electron chi connectivity index (χ4n) is 2.55. The van der Waals surface area contributed by atoms with Crippen molar-refractivity contribution < 1.29 is 9.64 Å². The van der Waals surface area contributed by atoms with Crippen molar-refractivity contribution >= 4 is 23.0 Å². The van der Waals surface area contributed by atoms with Gasteiger partial charge in [0.15, 0.2) is 5.11 Å². The summed E-state index contributed by atoms with van der Waals surface area (Å²) in [5.74, 6) is 0.775. The first-order chi connectivity index (χ1) is 12.0. The molecular formula is C19H27N4OS+. The predicted molar refractivity (Wildman–Crippen MR) is 106 cm³/mol. The molecule has 0 spiro atoms. The van der Waals surface area contributed by atoms with Gasteiger partial charge in [-0.05, 0) is 42.9 Å². The van der Waals surface area contributed by atoms with E-state index in [9.17, 15) is 0 Å². The van der Waals surface area contributed by atoms with Gasteiger partial charge in [-0.15, -0.1) is 0 Å². The number of nitrogens with zero attached hydrogens (tertiary/aromatic N) is 2. The van der Waals surface area contributed by atoms with Crippen LogP contribution < -0.4 is 15.0 Å². The van der Waals surface area contributed by atoms with Crippen molar-refractivity contribution in [3.05, 3.63) is 54.4 Å².